The molecule has 1 unspecified atom stereocenters. The fraction of sp³-hybridized carbons (Fsp3) is 0.375. The summed E-state index contributed by atoms with van der Waals surface area (Å²) in [5, 5.41) is 34.5. The van der Waals surface area contributed by atoms with Crippen molar-refractivity contribution in [3.63, 3.8) is 0 Å². The van der Waals surface area contributed by atoms with Crippen LogP contribution in [0.4, 0.5) is 5.69 Å². The standard InChI is InChI=1S/C48H51NO13/c50-40-41(51)47(59-39-31-58-46(61-42(39)40)36-19-11-4-12-20-36)62-43-38(30-54-27-33-13-5-1-6-14-33)60-48(55-26-25-32-21-23-37(24-22-32)49(52)53)45(57-29-35-17-9-3-10-18-35)44(43)56-28-34-15-7-2-8-16-34/h1-24,38-48,50-51H,25-31H2/t38-,39-,40-,41-,42+,43-,44+,45-,46?,47+,48-/m1/s1. The van der Waals surface area contributed by atoms with E-state index < -0.39 is 72.6 Å². The van der Waals surface area contributed by atoms with Crippen LogP contribution in [0.5, 0.6) is 0 Å². The van der Waals surface area contributed by atoms with Crippen LogP contribution in [0.15, 0.2) is 146 Å². The van der Waals surface area contributed by atoms with Gasteiger partial charge >= 0.3 is 0 Å². The van der Waals surface area contributed by atoms with Crippen LogP contribution in [0.2, 0.25) is 0 Å². The molecule has 0 amide bonds. The third-order valence-corrected chi connectivity index (χ3v) is 11.1. The van der Waals surface area contributed by atoms with Crippen molar-refractivity contribution in [2.45, 2.75) is 93.9 Å². The molecule has 3 saturated heterocycles. The quantitative estimate of drug-likeness (QED) is 0.0756. The van der Waals surface area contributed by atoms with Gasteiger partial charge in [0.25, 0.3) is 5.69 Å². The third kappa shape index (κ3) is 11.2. The molecule has 0 radical (unpaired) electrons. The molecule has 0 aromatic heterocycles. The second-order valence-electron chi connectivity index (χ2n) is 15.4. The summed E-state index contributed by atoms with van der Waals surface area (Å²) in [6.45, 7) is 0.859. The zero-order valence-electron chi connectivity index (χ0n) is 34.0. The Morgan fingerprint density at radius 3 is 1.79 bits per heavy atom. The number of hydrogen-bond acceptors (Lipinski definition) is 13. The Kier molecular flexibility index (Phi) is 15.1. The van der Waals surface area contributed by atoms with E-state index in [1.54, 1.807) is 12.1 Å². The van der Waals surface area contributed by atoms with Gasteiger partial charge in [-0.1, -0.05) is 133 Å². The number of fused-ring (bicyclic) bond motifs is 1. The molecule has 14 nitrogen and oxygen atoms in total. The van der Waals surface area contributed by atoms with E-state index in [4.69, 9.17) is 42.6 Å². The van der Waals surface area contributed by atoms with Crippen LogP contribution in [0.25, 0.3) is 0 Å². The first kappa shape index (κ1) is 43.7. The van der Waals surface area contributed by atoms with Crippen LogP contribution in [0.3, 0.4) is 0 Å². The molecule has 14 heteroatoms. The molecule has 0 spiro atoms. The summed E-state index contributed by atoms with van der Waals surface area (Å²) in [5.74, 6) is 0. The predicted molar refractivity (Wildman–Crippen MR) is 223 cm³/mol. The maximum Gasteiger partial charge on any atom is 0.269 e. The third-order valence-electron chi connectivity index (χ3n) is 11.1. The zero-order valence-corrected chi connectivity index (χ0v) is 34.0. The van der Waals surface area contributed by atoms with Crippen LogP contribution in [-0.4, -0.2) is 96.4 Å². The minimum atomic E-state index is -1.54. The number of nitro benzene ring substituents is 1. The first-order chi connectivity index (χ1) is 30.4. The van der Waals surface area contributed by atoms with E-state index in [2.05, 4.69) is 0 Å². The molecule has 0 bridgehead atoms. The zero-order chi connectivity index (χ0) is 42.7. The van der Waals surface area contributed by atoms with Crippen LogP contribution in [0.1, 0.15) is 34.1 Å². The number of nitro groups is 1. The van der Waals surface area contributed by atoms with E-state index >= 15 is 0 Å². The summed E-state index contributed by atoms with van der Waals surface area (Å²) < 4.78 is 58.4. The predicted octanol–water partition coefficient (Wildman–Crippen LogP) is 6.21. The summed E-state index contributed by atoms with van der Waals surface area (Å²) in [6, 6.07) is 44.7. The van der Waals surface area contributed by atoms with Crippen molar-refractivity contribution >= 4 is 5.69 Å². The Hall–Kier alpha value is -4.94. The summed E-state index contributed by atoms with van der Waals surface area (Å²) in [4.78, 5) is 10.8. The molecular weight excluding hydrogens is 799 g/mol. The molecule has 0 aliphatic carbocycles. The minimum Gasteiger partial charge on any atom is -0.387 e. The average Bonchev–Trinajstić information content (AvgIpc) is 3.31. The summed E-state index contributed by atoms with van der Waals surface area (Å²) in [7, 11) is 0. The number of benzene rings is 5. The molecule has 3 heterocycles. The number of rotatable bonds is 18. The van der Waals surface area contributed by atoms with Crippen LogP contribution >= 0.6 is 0 Å². The fourth-order valence-electron chi connectivity index (χ4n) is 7.78. The molecule has 5 aromatic carbocycles. The van der Waals surface area contributed by atoms with Gasteiger partial charge in [-0.2, -0.15) is 0 Å². The SMILES string of the molecule is O=[N+]([O-])c1ccc(CCO[C@@H]2O[C@H](COCc3ccccc3)[C@@H](O[C@@H]3O[C@@H]4COC(c5ccccc5)O[C@@H]4[C@H](O)[C@H]3O)[C@H](OCc3ccccc3)[C@H]2OCc2ccccc2)cc1. The molecule has 3 aliphatic rings. The number of ether oxygens (including phenoxy) is 9. The van der Waals surface area contributed by atoms with Crippen LogP contribution in [0, 0.1) is 10.1 Å². The molecule has 2 N–H and O–H groups in total. The van der Waals surface area contributed by atoms with Crippen molar-refractivity contribution < 1.29 is 57.8 Å². The van der Waals surface area contributed by atoms with Gasteiger partial charge in [-0.15, -0.1) is 0 Å². The molecule has 0 saturated carbocycles. The highest BCUT2D eigenvalue weighted by Gasteiger charge is 2.54. The lowest BCUT2D eigenvalue weighted by Crippen LogP contribution is -2.66. The maximum absolute atomic E-state index is 11.7. The van der Waals surface area contributed by atoms with E-state index in [1.807, 2.05) is 121 Å². The van der Waals surface area contributed by atoms with Crippen molar-refractivity contribution in [1.82, 2.24) is 0 Å². The number of nitrogens with zero attached hydrogens (tertiary/aromatic N) is 1. The molecule has 3 fully saturated rings. The van der Waals surface area contributed by atoms with Gasteiger partial charge in [-0.3, -0.25) is 10.1 Å². The van der Waals surface area contributed by atoms with E-state index in [1.165, 1.54) is 12.1 Å². The Balaban J connectivity index is 1.08. The lowest BCUT2D eigenvalue weighted by Gasteiger charge is -2.50. The van der Waals surface area contributed by atoms with E-state index in [-0.39, 0.29) is 45.3 Å². The Morgan fingerprint density at radius 1 is 0.597 bits per heavy atom. The highest BCUT2D eigenvalue weighted by atomic mass is 16.8. The second-order valence-corrected chi connectivity index (χ2v) is 15.4. The van der Waals surface area contributed by atoms with E-state index in [0.29, 0.717) is 6.42 Å². The number of aliphatic hydroxyl groups is 2. The highest BCUT2D eigenvalue weighted by molar-refractivity contribution is 5.33. The van der Waals surface area contributed by atoms with Gasteiger partial charge in [0, 0.05) is 17.7 Å². The normalized spacial score (nSPS) is 28.5. The van der Waals surface area contributed by atoms with Gasteiger partial charge in [-0.05, 0) is 28.7 Å². The van der Waals surface area contributed by atoms with Gasteiger partial charge < -0.3 is 52.8 Å². The summed E-state index contributed by atoms with van der Waals surface area (Å²) in [5.41, 5.74) is 4.34. The maximum atomic E-state index is 11.7. The van der Waals surface area contributed by atoms with E-state index in [0.717, 1.165) is 27.8 Å². The topological polar surface area (TPSA) is 167 Å². The summed E-state index contributed by atoms with van der Waals surface area (Å²) in [6.07, 6.45) is -11.0. The summed E-state index contributed by atoms with van der Waals surface area (Å²) >= 11 is 0. The van der Waals surface area contributed by atoms with Gasteiger partial charge in [0.1, 0.15) is 48.8 Å². The molecule has 11 atom stereocenters. The molecule has 3 aliphatic heterocycles. The lowest BCUT2D eigenvalue weighted by molar-refractivity contribution is -0.390. The molecule has 8 rings (SSSR count). The fourth-order valence-corrected chi connectivity index (χ4v) is 7.78. The van der Waals surface area contributed by atoms with Gasteiger partial charge in [0.15, 0.2) is 18.9 Å². The monoisotopic (exact) mass is 849 g/mol. The van der Waals surface area contributed by atoms with Gasteiger partial charge in [-0.25, -0.2) is 0 Å². The van der Waals surface area contributed by atoms with E-state index in [9.17, 15) is 20.3 Å². The number of hydrogen-bond donors (Lipinski definition) is 2. The second kappa shape index (κ2) is 21.4. The van der Waals surface area contributed by atoms with Crippen molar-refractivity contribution in [2.24, 2.45) is 0 Å². The Morgan fingerprint density at radius 2 is 1.18 bits per heavy atom. The minimum absolute atomic E-state index is 0.00234. The van der Waals surface area contributed by atoms with Gasteiger partial charge in [0.2, 0.25) is 0 Å². The Labute approximate surface area is 359 Å². The average molecular weight is 850 g/mol. The van der Waals surface area contributed by atoms with Gasteiger partial charge in [0.05, 0.1) is 44.6 Å². The lowest BCUT2D eigenvalue weighted by atomic mass is 9.95. The van der Waals surface area contributed by atoms with Crippen molar-refractivity contribution in [2.75, 3.05) is 19.8 Å². The largest absolute Gasteiger partial charge is 0.387 e. The first-order valence-electron chi connectivity index (χ1n) is 20.8. The molecular formula is C48H51NO13. The highest BCUT2D eigenvalue weighted by Crippen LogP contribution is 2.37. The Bertz CT molecular complexity index is 2100. The van der Waals surface area contributed by atoms with Crippen LogP contribution in [-0.2, 0) is 68.9 Å². The van der Waals surface area contributed by atoms with Crippen LogP contribution < -0.4 is 0 Å². The number of non-ortho nitro benzene ring substituents is 1. The number of aliphatic hydroxyl groups excluding tert-OH is 2. The molecule has 326 valence electrons. The first-order valence-corrected chi connectivity index (χ1v) is 20.8. The smallest absolute Gasteiger partial charge is 0.269 e. The van der Waals surface area contributed by atoms with Crippen molar-refractivity contribution in [3.8, 4) is 0 Å². The van der Waals surface area contributed by atoms with Crippen molar-refractivity contribution in [3.05, 3.63) is 184 Å². The van der Waals surface area contributed by atoms with Crippen molar-refractivity contribution in [1.29, 1.82) is 0 Å². The molecule has 5 aromatic rings. The molecule has 62 heavy (non-hydrogen) atoms.